The highest BCUT2D eigenvalue weighted by atomic mass is 35.5. The van der Waals surface area contributed by atoms with Crippen LogP contribution in [0.3, 0.4) is 0 Å². The second-order valence-electron chi connectivity index (χ2n) is 3.97. The number of urea groups is 1. The highest BCUT2D eigenvalue weighted by Gasteiger charge is 2.11. The van der Waals surface area contributed by atoms with Crippen molar-refractivity contribution in [1.29, 1.82) is 0 Å². The predicted octanol–water partition coefficient (Wildman–Crippen LogP) is 2.76. The number of aromatic nitrogens is 1. The Labute approximate surface area is 116 Å². The van der Waals surface area contributed by atoms with Gasteiger partial charge in [-0.05, 0) is 12.1 Å². The van der Waals surface area contributed by atoms with Gasteiger partial charge in [0.25, 0.3) is 0 Å². The van der Waals surface area contributed by atoms with Gasteiger partial charge in [-0.2, -0.15) is 0 Å². The van der Waals surface area contributed by atoms with Crippen molar-refractivity contribution in [3.8, 4) is 0 Å². The van der Waals surface area contributed by atoms with E-state index in [1.165, 1.54) is 4.90 Å². The summed E-state index contributed by atoms with van der Waals surface area (Å²) in [7, 11) is 1.70. The van der Waals surface area contributed by atoms with Gasteiger partial charge in [0.15, 0.2) is 5.76 Å². The molecule has 0 aliphatic heterocycles. The lowest BCUT2D eigenvalue weighted by Gasteiger charge is -2.17. The van der Waals surface area contributed by atoms with Crippen molar-refractivity contribution in [2.75, 3.05) is 11.9 Å². The average Bonchev–Trinajstić information content (AvgIpc) is 2.93. The molecular formula is C13H14ClN3O2. The number of alkyl halides is 1. The van der Waals surface area contributed by atoms with E-state index < -0.39 is 0 Å². The number of carbonyl (C=O) groups is 1. The number of amides is 2. The number of carbonyl (C=O) groups excluding carboxylic acids is 1. The lowest BCUT2D eigenvalue weighted by atomic mass is 10.3. The fourth-order valence-corrected chi connectivity index (χ4v) is 1.68. The van der Waals surface area contributed by atoms with Gasteiger partial charge in [0, 0.05) is 18.8 Å². The monoisotopic (exact) mass is 279 g/mol. The summed E-state index contributed by atoms with van der Waals surface area (Å²) in [4.78, 5) is 13.4. The molecule has 1 aromatic carbocycles. The molecule has 0 fully saturated rings. The third-order valence-corrected chi connectivity index (χ3v) is 2.88. The molecular weight excluding hydrogens is 266 g/mol. The zero-order valence-electron chi connectivity index (χ0n) is 10.5. The first-order valence-corrected chi connectivity index (χ1v) is 6.31. The van der Waals surface area contributed by atoms with Crippen LogP contribution in [0.25, 0.3) is 0 Å². The number of hydrogen-bond donors (Lipinski definition) is 1. The maximum atomic E-state index is 11.9. The second-order valence-corrected chi connectivity index (χ2v) is 4.24. The van der Waals surface area contributed by atoms with Crippen molar-refractivity contribution in [2.24, 2.45) is 0 Å². The number of rotatable bonds is 4. The van der Waals surface area contributed by atoms with Gasteiger partial charge in [-0.15, -0.1) is 11.6 Å². The first-order chi connectivity index (χ1) is 9.20. The van der Waals surface area contributed by atoms with Gasteiger partial charge in [-0.25, -0.2) is 4.79 Å². The van der Waals surface area contributed by atoms with Crippen LogP contribution in [0.15, 0.2) is 40.9 Å². The summed E-state index contributed by atoms with van der Waals surface area (Å²) in [5.41, 5.74) is 1.47. The topological polar surface area (TPSA) is 58.4 Å². The fraction of sp³-hybridized carbons (Fsp3) is 0.231. The van der Waals surface area contributed by atoms with Crippen LogP contribution in [0.4, 0.5) is 10.5 Å². The molecule has 1 heterocycles. The smallest absolute Gasteiger partial charge is 0.321 e. The average molecular weight is 280 g/mol. The standard InChI is InChI=1S/C13H14ClN3O2/c1-17(11-5-3-2-4-6-11)13(18)15-9-12-7-10(8-14)16-19-12/h2-7H,8-9H2,1H3,(H,15,18). The molecule has 6 heteroatoms. The first kappa shape index (κ1) is 13.4. The van der Waals surface area contributed by atoms with Crippen LogP contribution in [0.2, 0.25) is 0 Å². The van der Waals surface area contributed by atoms with E-state index in [0.29, 0.717) is 17.3 Å². The van der Waals surface area contributed by atoms with E-state index in [0.717, 1.165) is 5.69 Å². The molecule has 0 spiro atoms. The summed E-state index contributed by atoms with van der Waals surface area (Å²) in [6.07, 6.45) is 0. The van der Waals surface area contributed by atoms with Crippen molar-refractivity contribution < 1.29 is 9.32 Å². The zero-order valence-corrected chi connectivity index (χ0v) is 11.2. The minimum absolute atomic E-state index is 0.213. The number of halogens is 1. The van der Waals surface area contributed by atoms with Gasteiger partial charge in [0.2, 0.25) is 0 Å². The summed E-state index contributed by atoms with van der Waals surface area (Å²) in [5, 5.41) is 6.49. The Morgan fingerprint density at radius 2 is 2.16 bits per heavy atom. The number of para-hydroxylation sites is 1. The minimum atomic E-state index is -0.213. The van der Waals surface area contributed by atoms with Gasteiger partial charge in [-0.1, -0.05) is 23.4 Å². The van der Waals surface area contributed by atoms with Gasteiger partial charge in [-0.3, -0.25) is 4.90 Å². The van der Waals surface area contributed by atoms with Crippen molar-refractivity contribution in [2.45, 2.75) is 12.4 Å². The Balaban J connectivity index is 1.91. The summed E-state index contributed by atoms with van der Waals surface area (Å²) < 4.78 is 5.02. The van der Waals surface area contributed by atoms with Crippen molar-refractivity contribution >= 4 is 23.3 Å². The zero-order chi connectivity index (χ0) is 13.7. The molecule has 0 bridgehead atoms. The SMILES string of the molecule is CN(C(=O)NCc1cc(CCl)no1)c1ccccc1. The van der Waals surface area contributed by atoms with Gasteiger partial charge >= 0.3 is 6.03 Å². The first-order valence-electron chi connectivity index (χ1n) is 5.77. The molecule has 2 rings (SSSR count). The molecule has 0 unspecified atom stereocenters. The number of nitrogens with zero attached hydrogens (tertiary/aromatic N) is 2. The largest absolute Gasteiger partial charge is 0.359 e. The summed E-state index contributed by atoms with van der Waals surface area (Å²) >= 11 is 5.62. The van der Waals surface area contributed by atoms with Gasteiger partial charge in [0.1, 0.15) is 0 Å². The Morgan fingerprint density at radius 1 is 1.42 bits per heavy atom. The number of hydrogen-bond acceptors (Lipinski definition) is 3. The van der Waals surface area contributed by atoms with E-state index >= 15 is 0 Å². The molecule has 0 radical (unpaired) electrons. The highest BCUT2D eigenvalue weighted by Crippen LogP contribution is 2.11. The molecule has 0 aliphatic carbocycles. The lowest BCUT2D eigenvalue weighted by molar-refractivity contribution is 0.245. The van der Waals surface area contributed by atoms with Crippen LogP contribution in [0.5, 0.6) is 0 Å². The van der Waals surface area contributed by atoms with Crippen LogP contribution in [0, 0.1) is 0 Å². The molecule has 0 saturated heterocycles. The highest BCUT2D eigenvalue weighted by molar-refractivity contribution is 6.16. The van der Waals surface area contributed by atoms with E-state index in [9.17, 15) is 4.79 Å². The molecule has 2 aromatic rings. The van der Waals surface area contributed by atoms with Gasteiger partial charge in [0.05, 0.1) is 18.1 Å². The summed E-state index contributed by atoms with van der Waals surface area (Å²) in [5.74, 6) is 0.868. The third kappa shape index (κ3) is 3.48. The maximum absolute atomic E-state index is 11.9. The number of anilines is 1. The summed E-state index contributed by atoms with van der Waals surface area (Å²) in [6, 6.07) is 10.9. The van der Waals surface area contributed by atoms with Crippen LogP contribution in [-0.2, 0) is 12.4 Å². The molecule has 0 atom stereocenters. The Morgan fingerprint density at radius 3 is 2.79 bits per heavy atom. The van der Waals surface area contributed by atoms with E-state index in [1.807, 2.05) is 30.3 Å². The molecule has 19 heavy (non-hydrogen) atoms. The normalized spacial score (nSPS) is 10.2. The number of nitrogens with one attached hydrogen (secondary N) is 1. The molecule has 5 nitrogen and oxygen atoms in total. The van der Waals surface area contributed by atoms with Crippen molar-refractivity contribution in [1.82, 2.24) is 10.5 Å². The van der Waals surface area contributed by atoms with Crippen molar-refractivity contribution in [3.05, 3.63) is 47.9 Å². The molecule has 100 valence electrons. The molecule has 0 saturated carbocycles. The Hall–Kier alpha value is -2.01. The predicted molar refractivity (Wildman–Crippen MR) is 73.1 cm³/mol. The van der Waals surface area contributed by atoms with Crippen LogP contribution < -0.4 is 10.2 Å². The van der Waals surface area contributed by atoms with Gasteiger partial charge < -0.3 is 9.84 Å². The summed E-state index contributed by atoms with van der Waals surface area (Å²) in [6.45, 7) is 0.278. The molecule has 1 aromatic heterocycles. The maximum Gasteiger partial charge on any atom is 0.321 e. The van der Waals surface area contributed by atoms with E-state index in [1.54, 1.807) is 13.1 Å². The second kappa shape index (κ2) is 6.24. The Kier molecular flexibility index (Phi) is 4.41. The van der Waals surface area contributed by atoms with Crippen LogP contribution in [0.1, 0.15) is 11.5 Å². The fourth-order valence-electron chi connectivity index (χ4n) is 1.55. The van der Waals surface area contributed by atoms with Crippen LogP contribution >= 0.6 is 11.6 Å². The quantitative estimate of drug-likeness (QED) is 0.876. The van der Waals surface area contributed by atoms with E-state index in [2.05, 4.69) is 10.5 Å². The Bertz CT molecular complexity index is 542. The van der Waals surface area contributed by atoms with E-state index in [4.69, 9.17) is 16.1 Å². The van der Waals surface area contributed by atoms with Crippen LogP contribution in [-0.4, -0.2) is 18.2 Å². The van der Waals surface area contributed by atoms with Crippen molar-refractivity contribution in [3.63, 3.8) is 0 Å². The van der Waals surface area contributed by atoms with E-state index in [-0.39, 0.29) is 12.6 Å². The molecule has 2 amide bonds. The lowest BCUT2D eigenvalue weighted by Crippen LogP contribution is -2.36. The molecule has 0 aliphatic rings. The minimum Gasteiger partial charge on any atom is -0.359 e. The number of benzene rings is 1. The molecule has 1 N–H and O–H groups in total. The third-order valence-electron chi connectivity index (χ3n) is 2.61.